The molecule has 2 aromatic carbocycles. The third-order valence-corrected chi connectivity index (χ3v) is 14.0. The third-order valence-electron chi connectivity index (χ3n) is 10.2. The van der Waals surface area contributed by atoms with Gasteiger partial charge in [0.1, 0.15) is 10.8 Å². The second-order valence-corrected chi connectivity index (χ2v) is 22.3. The summed E-state index contributed by atoms with van der Waals surface area (Å²) in [5, 5.41) is 26.9. The number of likely N-dealkylation sites (N-methyl/N-ethyl adjacent to an activating group) is 2. The Morgan fingerprint density at radius 2 is 1.22 bits per heavy atom. The van der Waals surface area contributed by atoms with Crippen LogP contribution in [0.25, 0.3) is 5.82 Å². The lowest BCUT2D eigenvalue weighted by molar-refractivity contribution is -0.384. The van der Waals surface area contributed by atoms with E-state index in [0.717, 1.165) is 17.3 Å². The summed E-state index contributed by atoms with van der Waals surface area (Å²) in [6.45, 7) is 12.4. The fourth-order valence-electron chi connectivity index (χ4n) is 6.48. The van der Waals surface area contributed by atoms with Crippen molar-refractivity contribution in [3.63, 3.8) is 0 Å². The number of aromatic nitrogens is 6. The smallest absolute Gasteiger partial charge is 0.306 e. The molecule has 1 saturated carbocycles. The normalized spacial score (nSPS) is 14.9. The van der Waals surface area contributed by atoms with E-state index in [0.29, 0.717) is 38.1 Å². The van der Waals surface area contributed by atoms with Crippen LogP contribution < -0.4 is 25.8 Å². The van der Waals surface area contributed by atoms with Crippen LogP contribution in [0.1, 0.15) is 85.8 Å². The van der Waals surface area contributed by atoms with Crippen LogP contribution in [0.4, 0.5) is 22.7 Å². The zero-order valence-electron chi connectivity index (χ0n) is 38.4. The second-order valence-electron chi connectivity index (χ2n) is 17.3. The minimum Gasteiger partial charge on any atom is -0.396 e. The molecule has 0 amide bonds. The summed E-state index contributed by atoms with van der Waals surface area (Å²) < 4.78 is 57.3. The van der Waals surface area contributed by atoms with Gasteiger partial charge >= 0.3 is 5.69 Å². The molecule has 7 rings (SSSR count). The fourth-order valence-corrected chi connectivity index (χ4v) is 9.35. The number of pyridine rings is 2. The maximum Gasteiger partial charge on any atom is 0.306 e. The predicted octanol–water partition coefficient (Wildman–Crippen LogP) is 9.89. The number of H-pyrrole nitrogens is 1. The third kappa shape index (κ3) is 16.8. The van der Waals surface area contributed by atoms with Crippen LogP contribution in [-0.2, 0) is 30.9 Å². The summed E-state index contributed by atoms with van der Waals surface area (Å²) in [5.74, 6) is 0.269. The Bertz CT molecular complexity index is 2760. The number of nitrogens with zero attached hydrogens (tertiary/aromatic N) is 6. The summed E-state index contributed by atoms with van der Waals surface area (Å²) in [6.07, 6.45) is 13.6. The number of hydrogen-bond donors (Lipinski definition) is 6. The van der Waals surface area contributed by atoms with Gasteiger partial charge in [-0.25, -0.2) is 31.5 Å². The van der Waals surface area contributed by atoms with Gasteiger partial charge in [0.05, 0.1) is 60.4 Å². The maximum atomic E-state index is 12.8. The zero-order valence-corrected chi connectivity index (χ0v) is 43.1. The second kappa shape index (κ2) is 24.9. The van der Waals surface area contributed by atoms with Crippen LogP contribution in [0.5, 0.6) is 0 Å². The Kier molecular flexibility index (Phi) is 20.9. The van der Waals surface area contributed by atoms with Gasteiger partial charge in [0, 0.05) is 24.5 Å². The van der Waals surface area contributed by atoms with E-state index in [2.05, 4.69) is 117 Å². The Morgan fingerprint density at radius 3 is 1.60 bits per heavy atom. The van der Waals surface area contributed by atoms with Crippen LogP contribution in [0.2, 0.25) is 10.0 Å². The number of anilines is 3. The lowest BCUT2D eigenvalue weighted by Gasteiger charge is -2.30. The lowest BCUT2D eigenvalue weighted by atomic mass is 9.87. The highest BCUT2D eigenvalue weighted by Gasteiger charge is 2.23. The summed E-state index contributed by atoms with van der Waals surface area (Å²) in [4.78, 5) is 17.8. The number of nitro groups is 1. The van der Waals surface area contributed by atoms with Crippen molar-refractivity contribution in [2.45, 2.75) is 107 Å². The molecule has 0 bridgehead atoms. The molecule has 2 atom stereocenters. The van der Waals surface area contributed by atoms with E-state index in [1.165, 1.54) is 73.5 Å². The molecule has 370 valence electrons. The van der Waals surface area contributed by atoms with Crippen molar-refractivity contribution in [3.8, 4) is 5.82 Å². The molecular formula is C45H61BrCl2N12O6S2. The van der Waals surface area contributed by atoms with Crippen LogP contribution >= 0.6 is 39.1 Å². The summed E-state index contributed by atoms with van der Waals surface area (Å²) >= 11 is 15.0. The molecule has 1 aliphatic rings. The van der Waals surface area contributed by atoms with E-state index >= 15 is 0 Å². The van der Waals surface area contributed by atoms with Crippen molar-refractivity contribution in [3.05, 3.63) is 134 Å². The van der Waals surface area contributed by atoms with Crippen molar-refractivity contribution in [1.82, 2.24) is 40.6 Å². The average Bonchev–Trinajstić information content (AvgIpc) is 3.98. The maximum absolute atomic E-state index is 12.8. The quantitative estimate of drug-likeness (QED) is 0.0425. The Morgan fingerprint density at radius 1 is 0.765 bits per heavy atom. The predicted molar refractivity (Wildman–Crippen MR) is 276 cm³/mol. The highest BCUT2D eigenvalue weighted by Crippen LogP contribution is 2.29. The van der Waals surface area contributed by atoms with Crippen LogP contribution in [0, 0.1) is 10.1 Å². The lowest BCUT2D eigenvalue weighted by Crippen LogP contribution is -2.47. The van der Waals surface area contributed by atoms with Crippen LogP contribution in [0.3, 0.4) is 0 Å². The molecular weight excluding hydrogens is 1020 g/mol. The summed E-state index contributed by atoms with van der Waals surface area (Å²) in [6, 6.07) is 18.0. The number of sulfonamides is 2. The number of rotatable bonds is 10. The van der Waals surface area contributed by atoms with Gasteiger partial charge in [0.2, 0.25) is 0 Å². The molecule has 4 heterocycles. The topological polar surface area (TPSA) is 258 Å². The number of nitrogens with one attached hydrogen (secondary N) is 5. The van der Waals surface area contributed by atoms with Crippen molar-refractivity contribution >= 4 is 81.9 Å². The molecule has 18 nitrogen and oxygen atoms in total. The number of benzene rings is 2. The first kappa shape index (κ1) is 57.2. The first-order valence-electron chi connectivity index (χ1n) is 20.9. The highest BCUT2D eigenvalue weighted by molar-refractivity contribution is 9.10. The van der Waals surface area contributed by atoms with Gasteiger partial charge in [-0.1, -0.05) is 109 Å². The van der Waals surface area contributed by atoms with Gasteiger partial charge < -0.3 is 16.4 Å². The van der Waals surface area contributed by atoms with Crippen molar-refractivity contribution in [1.29, 1.82) is 0 Å². The van der Waals surface area contributed by atoms with E-state index in [1.54, 1.807) is 36.4 Å². The highest BCUT2D eigenvalue weighted by atomic mass is 79.9. The Hall–Kier alpha value is -5.16. The molecule has 1 aliphatic carbocycles. The van der Waals surface area contributed by atoms with E-state index in [1.807, 2.05) is 12.1 Å². The zero-order chi connectivity index (χ0) is 49.7. The van der Waals surface area contributed by atoms with Gasteiger partial charge in [0.15, 0.2) is 5.82 Å². The molecule has 23 heteroatoms. The first-order valence-corrected chi connectivity index (χ1v) is 25.4. The van der Waals surface area contributed by atoms with Gasteiger partial charge in [-0.2, -0.15) is 10.2 Å². The minimum absolute atomic E-state index is 0. The fraction of sp³-hybridized carbons (Fsp3) is 0.378. The van der Waals surface area contributed by atoms with Crippen molar-refractivity contribution < 1.29 is 21.8 Å². The van der Waals surface area contributed by atoms with E-state index in [4.69, 9.17) is 28.9 Å². The molecule has 0 aliphatic heterocycles. The van der Waals surface area contributed by atoms with Crippen LogP contribution in [-0.4, -0.2) is 77.9 Å². The summed E-state index contributed by atoms with van der Waals surface area (Å²) in [5.41, 5.74) is 8.61. The Labute approximate surface area is 418 Å². The SMILES string of the molecule is C.CC(C)(C)c1ccc(S(=O)(=O)Nc2cc(Cl)cnc2-n2cc(N)cn2)cc1.CC(C)(C)c1ccc(S(=O)(=O)Nc2cc(Cl)cnc2Br)cc1.CN[C@@H]1CCCC[C@H]1NC.O=[N+]([O-])c1cn[nH]c1. The monoisotopic (exact) mass is 1080 g/mol. The van der Waals surface area contributed by atoms with Gasteiger partial charge in [-0.3, -0.25) is 24.7 Å². The first-order chi connectivity index (χ1) is 31.3. The minimum atomic E-state index is -3.84. The number of nitrogen functional groups attached to an aromatic ring is 1. The molecule has 0 unspecified atom stereocenters. The number of nitrogens with two attached hydrogens (primary N) is 1. The molecule has 7 N–H and O–H groups in total. The molecule has 0 spiro atoms. The molecule has 0 saturated heterocycles. The molecule has 6 aromatic rings. The van der Waals surface area contributed by atoms with E-state index < -0.39 is 25.0 Å². The number of halogens is 3. The Balaban J connectivity index is 0.000000265. The van der Waals surface area contributed by atoms with Crippen molar-refractivity contribution in [2.24, 2.45) is 0 Å². The molecule has 68 heavy (non-hydrogen) atoms. The summed E-state index contributed by atoms with van der Waals surface area (Å²) in [7, 11) is -3.42. The average molecular weight is 1080 g/mol. The standard InChI is InChI=1S/C18H20ClN5O2S.C15H16BrClN2O2S.C8H18N2.C3H3N3O2.CH4/c1-18(2,3)12-4-6-15(7-5-12)27(25,26)23-16-8-13(19)9-21-17(16)24-11-14(20)10-22-24;1-15(2,3)10-4-6-12(7-5-10)22(20,21)19-13-8-11(17)9-18-14(13)16;1-9-7-5-3-4-6-8(7)10-2;7-6(8)3-1-4-5-2-3;/h4-11,23H,20H2,1-3H3;4-9,19H,1-3H3;7-10H,3-6H2,1-2H3;1-2H,(H,4,5);1H4/t;;7-,8-;;/m..1../s1. The molecule has 1 fully saturated rings. The van der Waals surface area contributed by atoms with Crippen molar-refractivity contribution in [2.75, 3.05) is 29.3 Å². The largest absolute Gasteiger partial charge is 0.396 e. The van der Waals surface area contributed by atoms with Gasteiger partial charge in [-0.15, -0.1) is 0 Å². The van der Waals surface area contributed by atoms with E-state index in [9.17, 15) is 26.9 Å². The van der Waals surface area contributed by atoms with Gasteiger partial charge in [-0.05, 0) is 101 Å². The van der Waals surface area contributed by atoms with Gasteiger partial charge in [0.25, 0.3) is 20.0 Å². The number of aromatic amines is 1. The number of hydrogen-bond acceptors (Lipinski definition) is 13. The molecule has 4 aromatic heterocycles. The molecule has 0 radical (unpaired) electrons. The van der Waals surface area contributed by atoms with Crippen LogP contribution in [0.15, 0.2) is 112 Å². The van der Waals surface area contributed by atoms with E-state index in [-0.39, 0.29) is 45.2 Å².